The highest BCUT2D eigenvalue weighted by molar-refractivity contribution is 7.92. The lowest BCUT2D eigenvalue weighted by atomic mass is 9.89. The van der Waals surface area contributed by atoms with Crippen molar-refractivity contribution in [1.82, 2.24) is 19.5 Å². The summed E-state index contributed by atoms with van der Waals surface area (Å²) in [5.41, 5.74) is 10.0. The number of sulfonamides is 1. The van der Waals surface area contributed by atoms with Gasteiger partial charge in [-0.15, -0.1) is 5.10 Å². The zero-order valence-electron chi connectivity index (χ0n) is 22.7. The van der Waals surface area contributed by atoms with Crippen LogP contribution in [0.15, 0.2) is 60.8 Å². The van der Waals surface area contributed by atoms with E-state index in [4.69, 9.17) is 15.6 Å². The van der Waals surface area contributed by atoms with Crippen LogP contribution < -0.4 is 20.1 Å². The minimum absolute atomic E-state index is 0.298. The summed E-state index contributed by atoms with van der Waals surface area (Å²) < 4.78 is 33.2. The van der Waals surface area contributed by atoms with Crippen molar-refractivity contribution in [1.29, 1.82) is 0 Å². The minimum atomic E-state index is -3.45. The van der Waals surface area contributed by atoms with Gasteiger partial charge in [0, 0.05) is 12.6 Å². The number of nitrogens with zero attached hydrogens (tertiary/aromatic N) is 5. The van der Waals surface area contributed by atoms with E-state index in [9.17, 15) is 13.2 Å². The monoisotopic (exact) mass is 563 g/mol. The van der Waals surface area contributed by atoms with E-state index in [1.54, 1.807) is 30.0 Å². The third-order valence-electron chi connectivity index (χ3n) is 7.33. The van der Waals surface area contributed by atoms with Gasteiger partial charge >= 0.3 is 0 Å². The van der Waals surface area contributed by atoms with E-state index in [1.807, 2.05) is 36.4 Å². The van der Waals surface area contributed by atoms with E-state index in [1.165, 1.54) is 23.2 Å². The van der Waals surface area contributed by atoms with Gasteiger partial charge in [-0.3, -0.25) is 14.0 Å². The van der Waals surface area contributed by atoms with Crippen LogP contribution in [0.3, 0.4) is 0 Å². The molecule has 1 saturated heterocycles. The van der Waals surface area contributed by atoms with Crippen molar-refractivity contribution in [3.8, 4) is 17.0 Å². The number of amides is 1. The molecule has 1 aliphatic rings. The summed E-state index contributed by atoms with van der Waals surface area (Å²) in [6.07, 6.45) is 4.77. The summed E-state index contributed by atoms with van der Waals surface area (Å²) in [7, 11) is -0.293. The van der Waals surface area contributed by atoms with Gasteiger partial charge in [0.15, 0.2) is 0 Å². The quantitative estimate of drug-likeness (QED) is 0.317. The van der Waals surface area contributed by atoms with Crippen molar-refractivity contribution >= 4 is 38.8 Å². The smallest absolute Gasteiger partial charge is 0.245 e. The maximum atomic E-state index is 12.3. The van der Waals surface area contributed by atoms with Gasteiger partial charge in [-0.05, 0) is 67.7 Å². The highest BCUT2D eigenvalue weighted by Gasteiger charge is 2.23. The first-order chi connectivity index (χ1) is 19.1. The Morgan fingerprint density at radius 2 is 1.90 bits per heavy atom. The molecule has 3 N–H and O–H groups in total. The second kappa shape index (κ2) is 11.1. The molecule has 4 aromatic rings. The van der Waals surface area contributed by atoms with Gasteiger partial charge in [0.25, 0.3) is 0 Å². The van der Waals surface area contributed by atoms with Crippen LogP contribution in [0.5, 0.6) is 5.75 Å². The Morgan fingerprint density at radius 3 is 2.60 bits per heavy atom. The van der Waals surface area contributed by atoms with Crippen LogP contribution in [0.2, 0.25) is 0 Å². The van der Waals surface area contributed by atoms with Crippen LogP contribution in [-0.4, -0.2) is 73.9 Å². The molecule has 40 heavy (non-hydrogen) atoms. The molecule has 5 rings (SSSR count). The summed E-state index contributed by atoms with van der Waals surface area (Å²) >= 11 is 0. The normalized spacial score (nSPS) is 14.8. The molecule has 210 valence electrons. The van der Waals surface area contributed by atoms with Crippen LogP contribution >= 0.6 is 0 Å². The van der Waals surface area contributed by atoms with Crippen molar-refractivity contribution in [3.05, 3.63) is 66.4 Å². The fourth-order valence-electron chi connectivity index (χ4n) is 5.14. The van der Waals surface area contributed by atoms with E-state index < -0.39 is 10.0 Å². The average Bonchev–Trinajstić information content (AvgIpc) is 3.35. The highest BCUT2D eigenvalue weighted by Crippen LogP contribution is 2.35. The Morgan fingerprint density at radius 1 is 1.15 bits per heavy atom. The fraction of sp³-hybridized carbons (Fsp3) is 0.321. The number of nitrogens with one attached hydrogen (secondary N) is 1. The SMILES string of the molecule is COc1cc(C2CCN(CC(N)=O)CC2)ccc1Nc1ncc2ccc(-c3ccccc3N(C)S(C)(=O)=O)n2n1. The van der Waals surface area contributed by atoms with Gasteiger partial charge in [-0.2, -0.15) is 0 Å². The summed E-state index contributed by atoms with van der Waals surface area (Å²) in [5.74, 6) is 1.11. The number of carbonyl (C=O) groups excluding carboxylic acids is 1. The number of carbonyl (C=O) groups is 1. The predicted octanol–water partition coefficient (Wildman–Crippen LogP) is 3.21. The average molecular weight is 564 g/mol. The molecule has 2 aromatic heterocycles. The van der Waals surface area contributed by atoms with Crippen LogP contribution in [-0.2, 0) is 14.8 Å². The lowest BCUT2D eigenvalue weighted by molar-refractivity contribution is -0.119. The number of rotatable bonds is 9. The molecule has 1 aliphatic heterocycles. The summed E-state index contributed by atoms with van der Waals surface area (Å²) in [6.45, 7) is 1.95. The van der Waals surface area contributed by atoms with E-state index in [-0.39, 0.29) is 5.91 Å². The molecule has 0 saturated carbocycles. The first-order valence-corrected chi connectivity index (χ1v) is 14.8. The van der Waals surface area contributed by atoms with E-state index in [2.05, 4.69) is 21.3 Å². The molecule has 2 aromatic carbocycles. The molecule has 0 unspecified atom stereocenters. The molecule has 3 heterocycles. The first-order valence-electron chi connectivity index (χ1n) is 13.0. The Balaban J connectivity index is 1.40. The number of primary amides is 1. The van der Waals surface area contributed by atoms with Crippen molar-refractivity contribution < 1.29 is 17.9 Å². The summed E-state index contributed by atoms with van der Waals surface area (Å²) in [6, 6.07) is 17.2. The molecule has 1 amide bonds. The zero-order chi connectivity index (χ0) is 28.4. The third kappa shape index (κ3) is 5.73. The van der Waals surface area contributed by atoms with Gasteiger partial charge in [-0.1, -0.05) is 24.3 Å². The number of anilines is 3. The van der Waals surface area contributed by atoms with Gasteiger partial charge in [0.2, 0.25) is 21.9 Å². The van der Waals surface area contributed by atoms with Crippen molar-refractivity contribution in [3.63, 3.8) is 0 Å². The molecular formula is C28H33N7O4S. The standard InChI is InChI=1S/C28H33N7O4S/c1-33(40(3,37)38)24-7-5-4-6-22(24)25-11-9-21-17-30-28(32-35(21)25)31-23-10-8-20(16-26(23)39-2)19-12-14-34(15-13-19)18-27(29)36/h4-11,16-17,19H,12-15,18H2,1-3H3,(H2,29,36)(H,31,32). The number of piperidine rings is 1. The number of nitrogens with two attached hydrogens (primary N) is 1. The van der Waals surface area contributed by atoms with Crippen molar-refractivity contribution in [2.45, 2.75) is 18.8 Å². The van der Waals surface area contributed by atoms with E-state index in [0.29, 0.717) is 29.8 Å². The topological polar surface area (TPSA) is 135 Å². The second-order valence-corrected chi connectivity index (χ2v) is 12.0. The number of para-hydroxylation sites is 1. The number of hydrogen-bond acceptors (Lipinski definition) is 8. The van der Waals surface area contributed by atoms with Crippen LogP contribution in [0, 0.1) is 0 Å². The molecule has 12 heteroatoms. The molecule has 11 nitrogen and oxygen atoms in total. The lowest BCUT2D eigenvalue weighted by Crippen LogP contribution is -2.39. The van der Waals surface area contributed by atoms with Crippen LogP contribution in [0.25, 0.3) is 16.8 Å². The van der Waals surface area contributed by atoms with Crippen LogP contribution in [0.1, 0.15) is 24.3 Å². The molecule has 0 atom stereocenters. The second-order valence-electron chi connectivity index (χ2n) is 9.99. The Hall–Kier alpha value is -4.16. The zero-order valence-corrected chi connectivity index (χ0v) is 23.6. The maximum Gasteiger partial charge on any atom is 0.245 e. The van der Waals surface area contributed by atoms with Crippen molar-refractivity contribution in [2.24, 2.45) is 5.73 Å². The number of methoxy groups -OCH3 is 1. The van der Waals surface area contributed by atoms with Crippen LogP contribution in [0.4, 0.5) is 17.3 Å². The molecule has 0 bridgehead atoms. The van der Waals surface area contributed by atoms with E-state index >= 15 is 0 Å². The van der Waals surface area contributed by atoms with Gasteiger partial charge in [0.05, 0.1) is 48.7 Å². The van der Waals surface area contributed by atoms with Crippen molar-refractivity contribution in [2.75, 3.05) is 49.7 Å². The number of benzene rings is 2. The van der Waals surface area contributed by atoms with Gasteiger partial charge in [0.1, 0.15) is 5.75 Å². The molecular weight excluding hydrogens is 530 g/mol. The number of fused-ring (bicyclic) bond motifs is 1. The van der Waals surface area contributed by atoms with Gasteiger partial charge < -0.3 is 15.8 Å². The van der Waals surface area contributed by atoms with E-state index in [0.717, 1.165) is 48.4 Å². The lowest BCUT2D eigenvalue weighted by Gasteiger charge is -2.31. The first kappa shape index (κ1) is 27.4. The molecule has 0 radical (unpaired) electrons. The van der Waals surface area contributed by atoms with Gasteiger partial charge in [-0.25, -0.2) is 17.9 Å². The maximum absolute atomic E-state index is 12.3. The molecule has 1 fully saturated rings. The number of likely N-dealkylation sites (tertiary alicyclic amines) is 1. The molecule has 0 spiro atoms. The Bertz CT molecular complexity index is 1650. The number of aromatic nitrogens is 3. The third-order valence-corrected chi connectivity index (χ3v) is 8.52. The number of ether oxygens (including phenoxy) is 1. The number of hydrogen-bond donors (Lipinski definition) is 2. The largest absolute Gasteiger partial charge is 0.495 e. The predicted molar refractivity (Wildman–Crippen MR) is 156 cm³/mol. The Labute approximate surface area is 233 Å². The summed E-state index contributed by atoms with van der Waals surface area (Å²) in [5, 5.41) is 7.99. The molecule has 0 aliphatic carbocycles. The highest BCUT2D eigenvalue weighted by atomic mass is 32.2. The summed E-state index contributed by atoms with van der Waals surface area (Å²) in [4.78, 5) is 17.8. The Kier molecular flexibility index (Phi) is 7.63. The minimum Gasteiger partial charge on any atom is -0.495 e. The fourth-order valence-corrected chi connectivity index (χ4v) is 5.65.